The quantitative estimate of drug-likeness (QED) is 0.502. The van der Waals surface area contributed by atoms with Crippen LogP contribution >= 0.6 is 0 Å². The van der Waals surface area contributed by atoms with Crippen LogP contribution in [0.5, 0.6) is 5.75 Å². The lowest BCUT2D eigenvalue weighted by Crippen LogP contribution is -2.42. The number of imidazole rings is 1. The zero-order valence-electron chi connectivity index (χ0n) is 18.7. The molecule has 0 spiro atoms. The van der Waals surface area contributed by atoms with Crippen LogP contribution in [0.3, 0.4) is 0 Å². The van der Waals surface area contributed by atoms with E-state index in [1.807, 2.05) is 12.3 Å². The molecule has 1 aliphatic heterocycles. The van der Waals surface area contributed by atoms with Crippen molar-refractivity contribution in [1.29, 1.82) is 0 Å². The van der Waals surface area contributed by atoms with Gasteiger partial charge in [-0.05, 0) is 49.7 Å². The smallest absolute Gasteiger partial charge is 0.341 e. The number of hydrogen-bond donors (Lipinski definition) is 2. The summed E-state index contributed by atoms with van der Waals surface area (Å²) in [6.45, 7) is 2.60. The lowest BCUT2D eigenvalue weighted by molar-refractivity contribution is -0.122. The first-order valence-corrected chi connectivity index (χ1v) is 11.4. The third-order valence-corrected chi connectivity index (χ3v) is 6.79. The van der Waals surface area contributed by atoms with E-state index in [1.54, 1.807) is 18.2 Å². The number of carbonyl (C=O) groups is 2. The minimum atomic E-state index is -0.537. The highest BCUT2D eigenvalue weighted by molar-refractivity contribution is 5.92. The Morgan fingerprint density at radius 3 is 2.61 bits per heavy atom. The number of aromatic nitrogens is 2. The van der Waals surface area contributed by atoms with Crippen LogP contribution in [-0.4, -0.2) is 69.5 Å². The molecule has 4 atom stereocenters. The Morgan fingerprint density at radius 1 is 1.21 bits per heavy atom. The van der Waals surface area contributed by atoms with Crippen molar-refractivity contribution in [3.8, 4) is 5.75 Å². The molecule has 5 rings (SSSR count). The average molecular weight is 458 g/mol. The maximum absolute atomic E-state index is 12.0. The van der Waals surface area contributed by atoms with Crippen LogP contribution in [0.2, 0.25) is 0 Å². The summed E-state index contributed by atoms with van der Waals surface area (Å²) in [7, 11) is 1.36. The zero-order valence-corrected chi connectivity index (χ0v) is 18.7. The van der Waals surface area contributed by atoms with Gasteiger partial charge < -0.3 is 24.3 Å². The summed E-state index contributed by atoms with van der Waals surface area (Å²) in [5.41, 5.74) is 0.397. The molecule has 2 heterocycles. The molecular formula is C24H31N3O6. The summed E-state index contributed by atoms with van der Waals surface area (Å²) in [6.07, 6.45) is 7.18. The van der Waals surface area contributed by atoms with E-state index in [4.69, 9.17) is 19.4 Å². The van der Waals surface area contributed by atoms with E-state index in [9.17, 15) is 9.90 Å². The molecule has 1 aromatic heterocycles. The van der Waals surface area contributed by atoms with Crippen LogP contribution in [-0.2, 0) is 16.1 Å². The molecule has 178 valence electrons. The number of carbonyl (C=O) groups excluding carboxylic acids is 1. The van der Waals surface area contributed by atoms with Crippen LogP contribution in [0.15, 0.2) is 36.7 Å². The normalized spacial score (nSPS) is 26.6. The number of carboxylic acid groups (broad SMARTS) is 1. The summed E-state index contributed by atoms with van der Waals surface area (Å²) in [6, 6.07) is 7.72. The highest BCUT2D eigenvalue weighted by atomic mass is 16.5. The van der Waals surface area contributed by atoms with Crippen molar-refractivity contribution in [2.24, 2.45) is 11.8 Å². The summed E-state index contributed by atoms with van der Waals surface area (Å²) in [5.74, 6) is 2.16. The predicted molar refractivity (Wildman–Crippen MR) is 119 cm³/mol. The third-order valence-electron chi connectivity index (χ3n) is 6.79. The van der Waals surface area contributed by atoms with Gasteiger partial charge in [-0.25, -0.2) is 9.78 Å². The van der Waals surface area contributed by atoms with Gasteiger partial charge in [0.2, 0.25) is 0 Å². The van der Waals surface area contributed by atoms with Gasteiger partial charge >= 0.3 is 5.97 Å². The second-order valence-corrected chi connectivity index (χ2v) is 8.98. The van der Waals surface area contributed by atoms with Gasteiger partial charge in [0.15, 0.2) is 0 Å². The minimum absolute atomic E-state index is 0.250. The van der Waals surface area contributed by atoms with Crippen LogP contribution in [0.4, 0.5) is 0 Å². The van der Waals surface area contributed by atoms with Crippen LogP contribution < -0.4 is 4.74 Å². The van der Waals surface area contributed by atoms with E-state index in [-0.39, 0.29) is 12.6 Å². The Labute approximate surface area is 192 Å². The highest BCUT2D eigenvalue weighted by Gasteiger charge is 2.43. The van der Waals surface area contributed by atoms with Crippen LogP contribution in [0.25, 0.3) is 0 Å². The van der Waals surface area contributed by atoms with Gasteiger partial charge in [0.05, 0.1) is 19.8 Å². The van der Waals surface area contributed by atoms with E-state index < -0.39 is 12.1 Å². The van der Waals surface area contributed by atoms with Crippen molar-refractivity contribution in [3.05, 3.63) is 48.0 Å². The number of nitrogens with zero attached hydrogens (tertiary/aromatic N) is 3. The Bertz CT molecular complexity index is 959. The molecule has 2 aromatic rings. The molecule has 9 nitrogen and oxygen atoms in total. The molecular weight excluding hydrogens is 426 g/mol. The van der Waals surface area contributed by atoms with Gasteiger partial charge in [0.25, 0.3) is 6.47 Å². The van der Waals surface area contributed by atoms with Crippen molar-refractivity contribution in [1.82, 2.24) is 14.5 Å². The lowest BCUT2D eigenvalue weighted by Gasteiger charge is -2.35. The molecule has 2 aliphatic carbocycles. The van der Waals surface area contributed by atoms with Crippen LogP contribution in [0.1, 0.15) is 47.9 Å². The monoisotopic (exact) mass is 457 g/mol. The van der Waals surface area contributed by atoms with Gasteiger partial charge in [-0.3, -0.25) is 9.69 Å². The van der Waals surface area contributed by atoms with Gasteiger partial charge in [0, 0.05) is 31.5 Å². The first-order valence-electron chi connectivity index (χ1n) is 11.4. The maximum atomic E-state index is 12.0. The Kier molecular flexibility index (Phi) is 7.29. The second-order valence-electron chi connectivity index (χ2n) is 8.98. The number of likely N-dealkylation sites (tertiary alicyclic amines) is 1. The number of benzene rings is 1. The Morgan fingerprint density at radius 2 is 1.91 bits per heavy atom. The predicted octanol–water partition coefficient (Wildman–Crippen LogP) is 2.36. The zero-order chi connectivity index (χ0) is 23.4. The number of hydrogen-bond acceptors (Lipinski definition) is 7. The van der Waals surface area contributed by atoms with Gasteiger partial charge in [-0.15, -0.1) is 0 Å². The van der Waals surface area contributed by atoms with Gasteiger partial charge in [-0.2, -0.15) is 0 Å². The SMILES string of the molecule is COC(=O)c1ccccc1O[C@@H]1C[C@@H]2CN(Cc3nccn3C3CC3)C[C@@H]2C[C@H]1O.O=CO. The molecule has 2 N–H and O–H groups in total. The van der Waals surface area contributed by atoms with Crippen molar-refractivity contribution >= 4 is 12.4 Å². The molecule has 0 radical (unpaired) electrons. The summed E-state index contributed by atoms with van der Waals surface area (Å²) in [5, 5.41) is 17.6. The topological polar surface area (TPSA) is 114 Å². The van der Waals surface area contributed by atoms with E-state index in [0.717, 1.165) is 38.3 Å². The van der Waals surface area contributed by atoms with Crippen molar-refractivity contribution < 1.29 is 29.3 Å². The summed E-state index contributed by atoms with van der Waals surface area (Å²) < 4.78 is 13.3. The van der Waals surface area contributed by atoms with E-state index in [1.165, 1.54) is 20.0 Å². The fourth-order valence-corrected chi connectivity index (χ4v) is 5.11. The third kappa shape index (κ3) is 5.36. The van der Waals surface area contributed by atoms with Gasteiger partial charge in [0.1, 0.15) is 23.2 Å². The molecule has 0 unspecified atom stereocenters. The number of esters is 1. The maximum Gasteiger partial charge on any atom is 0.341 e. The molecule has 9 heteroatoms. The first-order chi connectivity index (χ1) is 16.0. The number of para-hydroxylation sites is 1. The standard InChI is InChI=1S/C23H29N3O4.CH2O2/c1-29-23(28)18-4-2-3-5-20(18)30-21-11-16-13-25(12-15(16)10-19(21)27)14-22-24-8-9-26(22)17-6-7-17;2-1-3/h2-5,8-9,15-17,19,21,27H,6-7,10-14H2,1H3;1H,(H,2,3)/t15-,16+,19+,21+;/m0./s1. The molecule has 3 fully saturated rings. The largest absolute Gasteiger partial charge is 0.487 e. The van der Waals surface area contributed by atoms with Gasteiger partial charge in [-0.1, -0.05) is 12.1 Å². The first kappa shape index (κ1) is 23.3. The molecule has 2 saturated carbocycles. The fraction of sp³-hybridized carbons (Fsp3) is 0.542. The molecule has 3 aliphatic rings. The molecule has 1 saturated heterocycles. The Balaban J connectivity index is 0.000000821. The average Bonchev–Trinajstić information content (AvgIpc) is 3.43. The van der Waals surface area contributed by atoms with Crippen molar-refractivity contribution in [3.63, 3.8) is 0 Å². The number of ether oxygens (including phenoxy) is 2. The summed E-state index contributed by atoms with van der Waals surface area (Å²) in [4.78, 5) is 27.4. The number of aliphatic hydroxyl groups excluding tert-OH is 1. The van der Waals surface area contributed by atoms with E-state index in [2.05, 4.69) is 20.6 Å². The second kappa shape index (κ2) is 10.4. The van der Waals surface area contributed by atoms with Crippen LogP contribution in [0, 0.1) is 11.8 Å². The van der Waals surface area contributed by atoms with E-state index in [0.29, 0.717) is 29.2 Å². The summed E-state index contributed by atoms with van der Waals surface area (Å²) >= 11 is 0. The van der Waals surface area contributed by atoms with Crippen molar-refractivity contribution in [2.75, 3.05) is 20.2 Å². The number of rotatable bonds is 6. The fourth-order valence-electron chi connectivity index (χ4n) is 5.11. The lowest BCUT2D eigenvalue weighted by atomic mass is 9.78. The number of methoxy groups -OCH3 is 1. The number of aliphatic hydroxyl groups is 1. The van der Waals surface area contributed by atoms with E-state index >= 15 is 0 Å². The molecule has 33 heavy (non-hydrogen) atoms. The molecule has 0 bridgehead atoms. The Hall–Kier alpha value is -2.91. The molecule has 0 amide bonds. The molecule has 1 aromatic carbocycles. The highest BCUT2D eigenvalue weighted by Crippen LogP contribution is 2.40. The van der Waals surface area contributed by atoms with Crippen molar-refractivity contribution in [2.45, 2.75) is 50.5 Å². The minimum Gasteiger partial charge on any atom is -0.487 e. The number of fused-ring (bicyclic) bond motifs is 1.